The molecule has 0 amide bonds. The number of hydrazine groups is 2. The van der Waals surface area contributed by atoms with E-state index in [0.29, 0.717) is 17.8 Å². The van der Waals surface area contributed by atoms with Crippen molar-refractivity contribution in [3.8, 4) is 11.3 Å². The summed E-state index contributed by atoms with van der Waals surface area (Å²) < 4.78 is 0. The van der Waals surface area contributed by atoms with Gasteiger partial charge in [0, 0.05) is 42.8 Å². The summed E-state index contributed by atoms with van der Waals surface area (Å²) in [5.41, 5.74) is 11.5. The summed E-state index contributed by atoms with van der Waals surface area (Å²) in [6.07, 6.45) is 7.21. The van der Waals surface area contributed by atoms with Crippen LogP contribution in [0, 0.1) is 10.1 Å². The van der Waals surface area contributed by atoms with Crippen molar-refractivity contribution in [1.29, 1.82) is 0 Å². The molecule has 8 heteroatoms. The van der Waals surface area contributed by atoms with E-state index in [4.69, 9.17) is 0 Å². The molecule has 1 saturated heterocycles. The number of aromatic nitrogens is 1. The molecule has 2 N–H and O–H groups in total. The molecule has 2 aromatic carbocycles. The second-order valence-electron chi connectivity index (χ2n) is 8.33. The number of pyridine rings is 1. The Morgan fingerprint density at radius 3 is 2.61 bits per heavy atom. The first-order valence-corrected chi connectivity index (χ1v) is 11.2. The number of nitro groups is 1. The van der Waals surface area contributed by atoms with Crippen LogP contribution in [0.5, 0.6) is 0 Å². The Morgan fingerprint density at radius 1 is 1.00 bits per heavy atom. The number of nitrogens with zero attached hydrogens (tertiary/aromatic N) is 4. The van der Waals surface area contributed by atoms with Crippen molar-refractivity contribution in [3.63, 3.8) is 0 Å². The van der Waals surface area contributed by atoms with Gasteiger partial charge in [-0.25, -0.2) is 0 Å². The Bertz CT molecular complexity index is 1170. The molecular formula is C25H26N6O2. The molecule has 0 unspecified atom stereocenters. The van der Waals surface area contributed by atoms with Crippen LogP contribution in [-0.4, -0.2) is 28.0 Å². The summed E-state index contributed by atoms with van der Waals surface area (Å²) >= 11 is 0. The van der Waals surface area contributed by atoms with Gasteiger partial charge in [-0.1, -0.05) is 30.3 Å². The van der Waals surface area contributed by atoms with E-state index in [1.54, 1.807) is 12.3 Å². The van der Waals surface area contributed by atoms with Gasteiger partial charge in [0.25, 0.3) is 5.69 Å². The van der Waals surface area contributed by atoms with Gasteiger partial charge < -0.3 is 10.3 Å². The first-order valence-electron chi connectivity index (χ1n) is 11.2. The van der Waals surface area contributed by atoms with E-state index in [0.717, 1.165) is 42.9 Å². The second-order valence-corrected chi connectivity index (χ2v) is 8.33. The number of rotatable bonds is 6. The van der Waals surface area contributed by atoms with Crippen LogP contribution in [0.1, 0.15) is 30.4 Å². The van der Waals surface area contributed by atoms with Gasteiger partial charge >= 0.3 is 0 Å². The van der Waals surface area contributed by atoms with Gasteiger partial charge in [-0.2, -0.15) is 0 Å². The third-order valence-corrected chi connectivity index (χ3v) is 6.06. The topological polar surface area (TPSA) is 86.6 Å². The molecule has 2 aliphatic heterocycles. The van der Waals surface area contributed by atoms with Crippen molar-refractivity contribution >= 4 is 17.1 Å². The van der Waals surface area contributed by atoms with Crippen LogP contribution in [0.4, 0.5) is 11.4 Å². The van der Waals surface area contributed by atoms with E-state index in [1.165, 1.54) is 12.0 Å². The number of nitrogens with one attached hydrogen (secondary N) is 2. The molecule has 0 atom stereocenters. The van der Waals surface area contributed by atoms with Gasteiger partial charge in [0.1, 0.15) is 0 Å². The predicted molar refractivity (Wildman–Crippen MR) is 129 cm³/mol. The van der Waals surface area contributed by atoms with Crippen molar-refractivity contribution in [2.24, 2.45) is 0 Å². The Hall–Kier alpha value is -3.91. The van der Waals surface area contributed by atoms with E-state index >= 15 is 0 Å². The normalized spacial score (nSPS) is 15.8. The van der Waals surface area contributed by atoms with Crippen LogP contribution in [0.15, 0.2) is 73.1 Å². The van der Waals surface area contributed by atoms with Crippen LogP contribution in [0.3, 0.4) is 0 Å². The van der Waals surface area contributed by atoms with E-state index in [-0.39, 0.29) is 10.6 Å². The molecule has 3 aromatic rings. The maximum atomic E-state index is 11.8. The summed E-state index contributed by atoms with van der Waals surface area (Å²) in [7, 11) is 0. The smallest absolute Gasteiger partial charge is 0.278 e. The third kappa shape index (κ3) is 4.65. The lowest BCUT2D eigenvalue weighted by atomic mass is 10.0. The Balaban J connectivity index is 1.44. The molecule has 33 heavy (non-hydrogen) atoms. The molecule has 1 aromatic heterocycles. The average Bonchev–Trinajstić information content (AvgIpc) is 3.33. The van der Waals surface area contributed by atoms with Crippen molar-refractivity contribution in [1.82, 2.24) is 21.0 Å². The van der Waals surface area contributed by atoms with Crippen LogP contribution >= 0.6 is 0 Å². The fourth-order valence-electron chi connectivity index (χ4n) is 4.35. The van der Waals surface area contributed by atoms with E-state index in [2.05, 4.69) is 33.0 Å². The molecule has 0 bridgehead atoms. The minimum Gasteiger partial charge on any atom is -0.372 e. The molecule has 0 spiro atoms. The summed E-state index contributed by atoms with van der Waals surface area (Å²) in [5.74, 6) is 0. The third-order valence-electron chi connectivity index (χ3n) is 6.06. The average molecular weight is 443 g/mol. The van der Waals surface area contributed by atoms with Crippen LogP contribution < -0.4 is 15.9 Å². The summed E-state index contributed by atoms with van der Waals surface area (Å²) in [5, 5.41) is 13.7. The largest absolute Gasteiger partial charge is 0.372 e. The summed E-state index contributed by atoms with van der Waals surface area (Å²) in [6, 6.07) is 19.3. The van der Waals surface area contributed by atoms with E-state index in [9.17, 15) is 10.1 Å². The lowest BCUT2D eigenvalue weighted by Crippen LogP contribution is -2.35. The quantitative estimate of drug-likeness (QED) is 0.430. The lowest BCUT2D eigenvalue weighted by molar-refractivity contribution is -0.384. The molecule has 0 aliphatic carbocycles. The van der Waals surface area contributed by atoms with Crippen molar-refractivity contribution in [2.45, 2.75) is 25.8 Å². The summed E-state index contributed by atoms with van der Waals surface area (Å²) in [6.45, 7) is 2.66. The lowest BCUT2D eigenvalue weighted by Gasteiger charge is -2.29. The first kappa shape index (κ1) is 21.0. The maximum absolute atomic E-state index is 11.8. The monoisotopic (exact) mass is 442 g/mol. The van der Waals surface area contributed by atoms with E-state index in [1.807, 2.05) is 53.7 Å². The molecule has 2 aliphatic rings. The SMILES string of the molecule is O=[N+]([O-])c1ccc(N2CCCCC2)cc1-c1cc(C2=CN(Cc3ccccc3)NN2)ccn1. The van der Waals surface area contributed by atoms with Gasteiger partial charge in [0.2, 0.25) is 0 Å². The molecule has 0 radical (unpaired) electrons. The summed E-state index contributed by atoms with van der Waals surface area (Å²) in [4.78, 5) is 18.2. The number of nitro benzene ring substituents is 1. The van der Waals surface area contributed by atoms with Crippen LogP contribution in [0.2, 0.25) is 0 Å². The highest BCUT2D eigenvalue weighted by atomic mass is 16.6. The number of hydrogen-bond acceptors (Lipinski definition) is 7. The number of hydrogen-bond donors (Lipinski definition) is 2. The van der Waals surface area contributed by atoms with Gasteiger partial charge in [-0.15, -0.1) is 5.53 Å². The molecule has 1 fully saturated rings. The minimum absolute atomic E-state index is 0.0672. The zero-order chi connectivity index (χ0) is 22.6. The maximum Gasteiger partial charge on any atom is 0.278 e. The Morgan fingerprint density at radius 2 is 1.82 bits per heavy atom. The van der Waals surface area contributed by atoms with Gasteiger partial charge in [-0.05, 0) is 49.1 Å². The number of anilines is 1. The van der Waals surface area contributed by atoms with Crippen molar-refractivity contribution < 1.29 is 4.92 Å². The highest BCUT2D eigenvalue weighted by Crippen LogP contribution is 2.34. The van der Waals surface area contributed by atoms with Gasteiger partial charge in [-0.3, -0.25) is 20.1 Å². The second kappa shape index (κ2) is 9.30. The standard InChI is InChI=1S/C25H26N6O2/c32-31(33)25-10-9-21(29-13-5-2-6-14-29)16-22(25)23-15-20(11-12-26-23)24-18-30(28-27-24)17-19-7-3-1-4-8-19/h1,3-4,7-12,15-16,18,27-28H,2,5-6,13-14,17H2. The highest BCUT2D eigenvalue weighted by Gasteiger charge is 2.21. The predicted octanol–water partition coefficient (Wildman–Crippen LogP) is 4.47. The Kier molecular flexibility index (Phi) is 5.91. The molecule has 8 nitrogen and oxygen atoms in total. The molecule has 5 rings (SSSR count). The fraction of sp³-hybridized carbons (Fsp3) is 0.240. The minimum atomic E-state index is -0.333. The zero-order valence-corrected chi connectivity index (χ0v) is 18.3. The first-order chi connectivity index (χ1) is 16.2. The Labute approximate surface area is 192 Å². The van der Waals surface area contributed by atoms with Crippen molar-refractivity contribution in [3.05, 3.63) is 94.3 Å². The zero-order valence-electron chi connectivity index (χ0n) is 18.3. The van der Waals surface area contributed by atoms with Crippen molar-refractivity contribution in [2.75, 3.05) is 18.0 Å². The molecular weight excluding hydrogens is 416 g/mol. The van der Waals surface area contributed by atoms with Gasteiger partial charge in [0.15, 0.2) is 0 Å². The molecule has 0 saturated carbocycles. The van der Waals surface area contributed by atoms with Gasteiger partial charge in [0.05, 0.1) is 28.4 Å². The highest BCUT2D eigenvalue weighted by molar-refractivity contribution is 5.78. The van der Waals surface area contributed by atoms with Crippen LogP contribution in [0.25, 0.3) is 17.0 Å². The number of benzene rings is 2. The number of piperidine rings is 1. The molecule has 3 heterocycles. The van der Waals surface area contributed by atoms with Crippen LogP contribution in [-0.2, 0) is 6.54 Å². The fourth-order valence-corrected chi connectivity index (χ4v) is 4.35. The molecule has 168 valence electrons. The van der Waals surface area contributed by atoms with E-state index < -0.39 is 0 Å².